The number of hydrogen-bond acceptors (Lipinski definition) is 5. The summed E-state index contributed by atoms with van der Waals surface area (Å²) in [5, 5.41) is 7.81. The first-order chi connectivity index (χ1) is 14.8. The largest absolute Gasteiger partial charge is 0.480 e. The van der Waals surface area contributed by atoms with E-state index in [2.05, 4.69) is 15.4 Å². The van der Waals surface area contributed by atoms with Gasteiger partial charge in [-0.25, -0.2) is 13.9 Å². The fourth-order valence-electron chi connectivity index (χ4n) is 4.03. The van der Waals surface area contributed by atoms with Crippen LogP contribution in [0.25, 0.3) is 5.65 Å². The van der Waals surface area contributed by atoms with Crippen molar-refractivity contribution in [3.8, 4) is 5.75 Å². The van der Waals surface area contributed by atoms with Crippen LogP contribution in [0.1, 0.15) is 39.4 Å². The number of aromatic nitrogens is 3. The average molecular weight is 444 g/mol. The Kier molecular flexibility index (Phi) is 4.58. The Morgan fingerprint density at radius 2 is 2.13 bits per heavy atom. The highest BCUT2D eigenvalue weighted by Gasteiger charge is 2.33. The molecule has 2 aromatic heterocycles. The van der Waals surface area contributed by atoms with E-state index in [1.807, 2.05) is 13.8 Å². The van der Waals surface area contributed by atoms with E-state index in [4.69, 9.17) is 16.3 Å². The van der Waals surface area contributed by atoms with Crippen molar-refractivity contribution in [2.45, 2.75) is 39.5 Å². The minimum Gasteiger partial charge on any atom is -0.480 e. The first-order valence-electron chi connectivity index (χ1n) is 9.90. The van der Waals surface area contributed by atoms with E-state index in [0.717, 1.165) is 23.0 Å². The summed E-state index contributed by atoms with van der Waals surface area (Å²) < 4.78 is 21.3. The lowest BCUT2D eigenvalue weighted by atomic mass is 10.1. The lowest BCUT2D eigenvalue weighted by Crippen LogP contribution is -2.30. The molecule has 1 saturated heterocycles. The number of nitrogens with one attached hydrogen (secondary N) is 1. The second kappa shape index (κ2) is 7.19. The summed E-state index contributed by atoms with van der Waals surface area (Å²) in [6, 6.07) is 3.73. The summed E-state index contributed by atoms with van der Waals surface area (Å²) in [6.45, 7) is 4.78. The molecule has 0 spiro atoms. The molecule has 0 bridgehead atoms. The number of fused-ring (bicyclic) bond motifs is 3. The van der Waals surface area contributed by atoms with Gasteiger partial charge in [-0.05, 0) is 26.0 Å². The summed E-state index contributed by atoms with van der Waals surface area (Å²) in [5.41, 5.74) is 3.96. The zero-order valence-electron chi connectivity index (χ0n) is 16.9. The molecular formula is C21H19ClFN5O3. The SMILES string of the molecule is Cc1nc2c3c(nn2c(C)c1Cl)CN(C(=O)c1ccc(F)cc1O[C@@H]1CCNC1=O)C3. The van der Waals surface area contributed by atoms with Crippen molar-refractivity contribution in [3.05, 3.63) is 57.2 Å². The Balaban J connectivity index is 1.45. The summed E-state index contributed by atoms with van der Waals surface area (Å²) in [7, 11) is 0. The van der Waals surface area contributed by atoms with Gasteiger partial charge in [-0.1, -0.05) is 11.6 Å². The van der Waals surface area contributed by atoms with Crippen molar-refractivity contribution in [1.82, 2.24) is 24.8 Å². The zero-order valence-corrected chi connectivity index (χ0v) is 17.7. The third-order valence-corrected chi connectivity index (χ3v) is 6.23. The molecule has 2 aliphatic heterocycles. The number of aryl methyl sites for hydroxylation is 2. The van der Waals surface area contributed by atoms with Gasteiger partial charge in [0.15, 0.2) is 11.8 Å². The number of amides is 2. The molecule has 3 aromatic rings. The first-order valence-corrected chi connectivity index (χ1v) is 10.3. The molecule has 1 aromatic carbocycles. The van der Waals surface area contributed by atoms with Crippen LogP contribution in [0.3, 0.4) is 0 Å². The monoisotopic (exact) mass is 443 g/mol. The Morgan fingerprint density at radius 1 is 1.32 bits per heavy atom. The van der Waals surface area contributed by atoms with Gasteiger partial charge in [0.25, 0.3) is 11.8 Å². The molecule has 0 saturated carbocycles. The van der Waals surface area contributed by atoms with E-state index < -0.39 is 11.9 Å². The van der Waals surface area contributed by atoms with Crippen molar-refractivity contribution in [2.24, 2.45) is 0 Å². The van der Waals surface area contributed by atoms with Gasteiger partial charge in [-0.3, -0.25) is 9.59 Å². The second-order valence-corrected chi connectivity index (χ2v) is 8.12. The average Bonchev–Trinajstić information content (AvgIpc) is 3.42. The van der Waals surface area contributed by atoms with Crippen LogP contribution in [0, 0.1) is 19.7 Å². The highest BCUT2D eigenvalue weighted by Crippen LogP contribution is 2.32. The van der Waals surface area contributed by atoms with Crippen LogP contribution in [0.2, 0.25) is 5.02 Å². The van der Waals surface area contributed by atoms with Crippen LogP contribution < -0.4 is 10.1 Å². The van der Waals surface area contributed by atoms with Gasteiger partial charge < -0.3 is 15.0 Å². The van der Waals surface area contributed by atoms with Crippen LogP contribution in [0.4, 0.5) is 4.39 Å². The van der Waals surface area contributed by atoms with Crippen LogP contribution in [-0.4, -0.2) is 44.0 Å². The van der Waals surface area contributed by atoms with Crippen molar-refractivity contribution in [3.63, 3.8) is 0 Å². The minimum absolute atomic E-state index is 0.0578. The number of ether oxygens (including phenoxy) is 1. The molecule has 2 amide bonds. The highest BCUT2D eigenvalue weighted by atomic mass is 35.5. The molecule has 160 valence electrons. The molecule has 0 unspecified atom stereocenters. The lowest BCUT2D eigenvalue weighted by Gasteiger charge is -2.20. The number of rotatable bonds is 3. The van der Waals surface area contributed by atoms with E-state index in [-0.39, 0.29) is 29.7 Å². The maximum Gasteiger partial charge on any atom is 0.261 e. The van der Waals surface area contributed by atoms with E-state index in [0.29, 0.717) is 35.9 Å². The Morgan fingerprint density at radius 3 is 2.87 bits per heavy atom. The third-order valence-electron chi connectivity index (χ3n) is 5.68. The summed E-state index contributed by atoms with van der Waals surface area (Å²) in [4.78, 5) is 31.3. The Labute approximate surface area is 182 Å². The van der Waals surface area contributed by atoms with E-state index >= 15 is 0 Å². The summed E-state index contributed by atoms with van der Waals surface area (Å²) in [5.74, 6) is -1.08. The molecule has 1 atom stereocenters. The van der Waals surface area contributed by atoms with E-state index in [1.54, 1.807) is 9.42 Å². The smallest absolute Gasteiger partial charge is 0.261 e. The number of nitrogens with zero attached hydrogens (tertiary/aromatic N) is 4. The number of carbonyl (C=O) groups excluding carboxylic acids is 2. The van der Waals surface area contributed by atoms with Gasteiger partial charge in [0.2, 0.25) is 0 Å². The van der Waals surface area contributed by atoms with Gasteiger partial charge in [0.1, 0.15) is 11.6 Å². The molecule has 4 heterocycles. The standard InChI is InChI=1S/C21H19ClFN5O3/c1-10-18(22)11(2)28-19(25-10)14-8-27(9-15(14)26-28)21(30)13-4-3-12(23)7-17(13)31-16-5-6-24-20(16)29/h3-4,7,16H,5-6,8-9H2,1-2H3,(H,24,29)/t16-/m1/s1. The van der Waals surface area contributed by atoms with Crippen LogP contribution in [0.5, 0.6) is 5.75 Å². The molecule has 5 rings (SSSR count). The fourth-order valence-corrected chi connectivity index (χ4v) is 4.16. The van der Waals surface area contributed by atoms with Crippen LogP contribution in [-0.2, 0) is 17.9 Å². The number of benzene rings is 1. The predicted octanol–water partition coefficient (Wildman–Crippen LogP) is 2.56. The molecule has 0 radical (unpaired) electrons. The normalized spacial score (nSPS) is 17.9. The number of carbonyl (C=O) groups is 2. The van der Waals surface area contributed by atoms with Gasteiger partial charge in [-0.2, -0.15) is 5.10 Å². The molecule has 2 aliphatic rings. The molecule has 1 fully saturated rings. The zero-order chi connectivity index (χ0) is 21.9. The van der Waals surface area contributed by atoms with E-state index in [1.165, 1.54) is 12.1 Å². The predicted molar refractivity (Wildman–Crippen MR) is 109 cm³/mol. The molecular weight excluding hydrogens is 425 g/mol. The number of halogens is 2. The van der Waals surface area contributed by atoms with Crippen molar-refractivity contribution in [1.29, 1.82) is 0 Å². The fraction of sp³-hybridized carbons (Fsp3) is 0.333. The third kappa shape index (κ3) is 3.20. The van der Waals surface area contributed by atoms with Gasteiger partial charge >= 0.3 is 0 Å². The molecule has 1 N–H and O–H groups in total. The number of hydrogen-bond donors (Lipinski definition) is 1. The van der Waals surface area contributed by atoms with Crippen molar-refractivity contribution < 1.29 is 18.7 Å². The van der Waals surface area contributed by atoms with Crippen molar-refractivity contribution >= 4 is 29.1 Å². The van der Waals surface area contributed by atoms with E-state index in [9.17, 15) is 14.0 Å². The van der Waals surface area contributed by atoms with Gasteiger partial charge in [0, 0.05) is 24.6 Å². The Hall–Kier alpha value is -3.20. The lowest BCUT2D eigenvalue weighted by molar-refractivity contribution is -0.124. The van der Waals surface area contributed by atoms with Crippen LogP contribution in [0.15, 0.2) is 18.2 Å². The highest BCUT2D eigenvalue weighted by molar-refractivity contribution is 6.31. The second-order valence-electron chi connectivity index (χ2n) is 7.75. The summed E-state index contributed by atoms with van der Waals surface area (Å²) >= 11 is 6.29. The van der Waals surface area contributed by atoms with Crippen molar-refractivity contribution in [2.75, 3.05) is 6.54 Å². The van der Waals surface area contributed by atoms with Crippen LogP contribution >= 0.6 is 11.6 Å². The summed E-state index contributed by atoms with van der Waals surface area (Å²) in [6.07, 6.45) is -0.282. The quantitative estimate of drug-likeness (QED) is 0.672. The molecule has 8 nitrogen and oxygen atoms in total. The maximum atomic E-state index is 13.9. The molecule has 10 heteroatoms. The molecule has 31 heavy (non-hydrogen) atoms. The maximum absolute atomic E-state index is 13.9. The van der Waals surface area contributed by atoms with Gasteiger partial charge in [0.05, 0.1) is 40.8 Å². The Bertz CT molecular complexity index is 1260. The molecule has 0 aliphatic carbocycles. The topological polar surface area (TPSA) is 88.8 Å². The minimum atomic E-state index is -0.742. The first kappa shape index (κ1) is 19.7. The van der Waals surface area contributed by atoms with Gasteiger partial charge in [-0.15, -0.1) is 0 Å².